The van der Waals surface area contributed by atoms with E-state index in [4.69, 9.17) is 9.84 Å². The van der Waals surface area contributed by atoms with Crippen LogP contribution in [0.1, 0.15) is 53.4 Å². The highest BCUT2D eigenvalue weighted by molar-refractivity contribution is 5.85. The summed E-state index contributed by atoms with van der Waals surface area (Å²) in [5.74, 6) is -1.62. The third-order valence-corrected chi connectivity index (χ3v) is 2.94. The van der Waals surface area contributed by atoms with Gasteiger partial charge in [-0.05, 0) is 40.0 Å². The average molecular weight is 359 g/mol. The van der Waals surface area contributed by atoms with Gasteiger partial charge in [0.2, 0.25) is 11.8 Å². The maximum absolute atomic E-state index is 12.2. The molecule has 0 aromatic carbocycles. The summed E-state index contributed by atoms with van der Waals surface area (Å²) in [5, 5.41) is 16.2. The first kappa shape index (κ1) is 22.7. The molecule has 3 amide bonds. The third-order valence-electron chi connectivity index (χ3n) is 2.94. The van der Waals surface area contributed by atoms with E-state index in [1.807, 2.05) is 0 Å². The SMILES string of the molecule is CC(=O)NCCCCC(NC(=O)OC(C)(C)C)C(=O)NCCC(=O)O. The van der Waals surface area contributed by atoms with Gasteiger partial charge in [0, 0.05) is 20.0 Å². The molecule has 9 nitrogen and oxygen atoms in total. The van der Waals surface area contributed by atoms with Crippen molar-refractivity contribution in [1.29, 1.82) is 0 Å². The molecular formula is C16H29N3O6. The molecule has 9 heteroatoms. The summed E-state index contributed by atoms with van der Waals surface area (Å²) in [6.07, 6.45) is 0.667. The molecule has 0 aromatic heterocycles. The molecule has 0 fully saturated rings. The number of hydrogen-bond donors (Lipinski definition) is 4. The monoisotopic (exact) mass is 359 g/mol. The molecule has 0 aliphatic carbocycles. The molecule has 0 rings (SSSR count). The molecule has 144 valence electrons. The Hall–Kier alpha value is -2.32. The van der Waals surface area contributed by atoms with Gasteiger partial charge >= 0.3 is 12.1 Å². The van der Waals surface area contributed by atoms with Crippen LogP contribution < -0.4 is 16.0 Å². The number of unbranched alkanes of at least 4 members (excludes halogenated alkanes) is 1. The number of carboxylic acid groups (broad SMARTS) is 1. The van der Waals surface area contributed by atoms with Gasteiger partial charge in [-0.25, -0.2) is 4.79 Å². The Labute approximate surface area is 147 Å². The Morgan fingerprint density at radius 2 is 1.68 bits per heavy atom. The first-order chi connectivity index (χ1) is 11.5. The maximum Gasteiger partial charge on any atom is 0.408 e. The average Bonchev–Trinajstić information content (AvgIpc) is 2.42. The number of amides is 3. The number of hydrogen-bond acceptors (Lipinski definition) is 5. The van der Waals surface area contributed by atoms with Gasteiger partial charge in [-0.2, -0.15) is 0 Å². The van der Waals surface area contributed by atoms with Crippen molar-refractivity contribution in [2.45, 2.75) is 65.0 Å². The molecule has 0 bridgehead atoms. The number of rotatable bonds is 10. The molecule has 1 unspecified atom stereocenters. The van der Waals surface area contributed by atoms with Crippen molar-refractivity contribution < 1.29 is 29.0 Å². The van der Waals surface area contributed by atoms with E-state index >= 15 is 0 Å². The highest BCUT2D eigenvalue weighted by atomic mass is 16.6. The molecule has 4 N–H and O–H groups in total. The van der Waals surface area contributed by atoms with Crippen LogP contribution in [-0.4, -0.2) is 53.7 Å². The summed E-state index contributed by atoms with van der Waals surface area (Å²) in [7, 11) is 0. The Morgan fingerprint density at radius 3 is 2.20 bits per heavy atom. The van der Waals surface area contributed by atoms with Crippen LogP contribution in [-0.2, 0) is 19.1 Å². The van der Waals surface area contributed by atoms with Crippen LogP contribution in [0.5, 0.6) is 0 Å². The van der Waals surface area contributed by atoms with Gasteiger partial charge in [0.15, 0.2) is 0 Å². The summed E-state index contributed by atoms with van der Waals surface area (Å²) < 4.78 is 5.14. The molecule has 0 aliphatic heterocycles. The zero-order valence-electron chi connectivity index (χ0n) is 15.3. The van der Waals surface area contributed by atoms with E-state index in [0.29, 0.717) is 25.8 Å². The van der Waals surface area contributed by atoms with E-state index in [0.717, 1.165) is 0 Å². The van der Waals surface area contributed by atoms with Crippen molar-refractivity contribution >= 4 is 23.9 Å². The number of carbonyl (C=O) groups excluding carboxylic acids is 3. The quantitative estimate of drug-likeness (QED) is 0.426. The van der Waals surface area contributed by atoms with Gasteiger partial charge in [-0.15, -0.1) is 0 Å². The van der Waals surface area contributed by atoms with Gasteiger partial charge in [0.05, 0.1) is 6.42 Å². The van der Waals surface area contributed by atoms with E-state index in [2.05, 4.69) is 16.0 Å². The van der Waals surface area contributed by atoms with Gasteiger partial charge in [-0.1, -0.05) is 0 Å². The van der Waals surface area contributed by atoms with Crippen molar-refractivity contribution in [1.82, 2.24) is 16.0 Å². The fraction of sp³-hybridized carbons (Fsp3) is 0.750. The Morgan fingerprint density at radius 1 is 1.04 bits per heavy atom. The maximum atomic E-state index is 12.2. The molecule has 1 atom stereocenters. The predicted molar refractivity (Wildman–Crippen MR) is 91.0 cm³/mol. The molecule has 0 radical (unpaired) electrons. The normalized spacial score (nSPS) is 12.0. The zero-order chi connectivity index (χ0) is 19.5. The van der Waals surface area contributed by atoms with E-state index in [1.165, 1.54) is 6.92 Å². The van der Waals surface area contributed by atoms with Gasteiger partial charge in [0.1, 0.15) is 11.6 Å². The second kappa shape index (κ2) is 11.3. The number of carboxylic acids is 1. The number of aliphatic carboxylic acids is 1. The summed E-state index contributed by atoms with van der Waals surface area (Å²) in [5.41, 5.74) is -0.695. The summed E-state index contributed by atoms with van der Waals surface area (Å²) in [6.45, 7) is 7.01. The fourth-order valence-electron chi connectivity index (χ4n) is 1.87. The van der Waals surface area contributed by atoms with E-state index in [-0.39, 0.29) is 18.9 Å². The smallest absolute Gasteiger partial charge is 0.408 e. The first-order valence-electron chi connectivity index (χ1n) is 8.24. The summed E-state index contributed by atoms with van der Waals surface area (Å²) >= 11 is 0. The molecule has 0 aromatic rings. The van der Waals surface area contributed by atoms with Crippen molar-refractivity contribution in [3.63, 3.8) is 0 Å². The first-order valence-corrected chi connectivity index (χ1v) is 8.24. The molecule has 25 heavy (non-hydrogen) atoms. The lowest BCUT2D eigenvalue weighted by molar-refractivity contribution is -0.137. The lowest BCUT2D eigenvalue weighted by Crippen LogP contribution is -2.48. The minimum Gasteiger partial charge on any atom is -0.481 e. The molecule has 0 heterocycles. The van der Waals surface area contributed by atoms with Crippen LogP contribution in [0, 0.1) is 0 Å². The van der Waals surface area contributed by atoms with Crippen LogP contribution in [0.15, 0.2) is 0 Å². The van der Waals surface area contributed by atoms with Crippen LogP contribution in [0.2, 0.25) is 0 Å². The van der Waals surface area contributed by atoms with Crippen molar-refractivity contribution in [2.75, 3.05) is 13.1 Å². The Kier molecular flexibility index (Phi) is 10.2. The van der Waals surface area contributed by atoms with Crippen LogP contribution >= 0.6 is 0 Å². The van der Waals surface area contributed by atoms with E-state index in [9.17, 15) is 19.2 Å². The fourth-order valence-corrected chi connectivity index (χ4v) is 1.87. The van der Waals surface area contributed by atoms with Gasteiger partial charge in [0.25, 0.3) is 0 Å². The van der Waals surface area contributed by atoms with Crippen LogP contribution in [0.25, 0.3) is 0 Å². The van der Waals surface area contributed by atoms with Crippen LogP contribution in [0.4, 0.5) is 4.79 Å². The molecule has 0 saturated heterocycles. The van der Waals surface area contributed by atoms with E-state index in [1.54, 1.807) is 20.8 Å². The minimum absolute atomic E-state index is 0.0213. The molecule has 0 saturated carbocycles. The predicted octanol–water partition coefficient (Wildman–Crippen LogP) is 0.777. The number of ether oxygens (including phenoxy) is 1. The van der Waals surface area contributed by atoms with Crippen LogP contribution in [0.3, 0.4) is 0 Å². The largest absolute Gasteiger partial charge is 0.481 e. The van der Waals surface area contributed by atoms with Crippen molar-refractivity contribution in [2.24, 2.45) is 0 Å². The third kappa shape index (κ3) is 13.8. The number of carbonyl (C=O) groups is 4. The number of nitrogens with one attached hydrogen (secondary N) is 3. The molecule has 0 aliphatic rings. The molecular weight excluding hydrogens is 330 g/mol. The standard InChI is InChI=1S/C16H29N3O6/c1-11(20)17-9-6-5-7-12(14(23)18-10-8-13(21)22)19-15(24)25-16(2,3)4/h12H,5-10H2,1-4H3,(H,17,20)(H,18,23)(H,19,24)(H,21,22). The summed E-state index contributed by atoms with van der Waals surface area (Å²) in [6, 6.07) is -0.832. The second-order valence-corrected chi connectivity index (χ2v) is 6.61. The highest BCUT2D eigenvalue weighted by Crippen LogP contribution is 2.08. The zero-order valence-corrected chi connectivity index (χ0v) is 15.3. The van der Waals surface area contributed by atoms with Gasteiger partial charge < -0.3 is 25.8 Å². The lowest BCUT2D eigenvalue weighted by atomic mass is 10.1. The van der Waals surface area contributed by atoms with Gasteiger partial charge in [-0.3, -0.25) is 14.4 Å². The van der Waals surface area contributed by atoms with Crippen molar-refractivity contribution in [3.05, 3.63) is 0 Å². The van der Waals surface area contributed by atoms with Crippen molar-refractivity contribution in [3.8, 4) is 0 Å². The number of alkyl carbamates (subject to hydrolysis) is 1. The summed E-state index contributed by atoms with van der Waals surface area (Å²) in [4.78, 5) is 45.3. The topological polar surface area (TPSA) is 134 Å². The highest BCUT2D eigenvalue weighted by Gasteiger charge is 2.24. The minimum atomic E-state index is -1.02. The second-order valence-electron chi connectivity index (χ2n) is 6.61. The Bertz CT molecular complexity index is 473. The van der Waals surface area contributed by atoms with E-state index < -0.39 is 29.6 Å². The Balaban J connectivity index is 4.52. The lowest BCUT2D eigenvalue weighted by Gasteiger charge is -2.23. The molecule has 0 spiro atoms.